The number of ether oxygens (including phenoxy) is 6. The van der Waals surface area contributed by atoms with Gasteiger partial charge in [0.05, 0.1) is 43.7 Å². The SMILES string of the molecule is CCCCCCCCCOc1ccc(-c2ccc(C(=O)Oc3ccc(OC(=O)c4ccc(-c5ccc(OCCCCCCCCC)cc5)cc4)c(OCCCCC4CO4)c3F)cc2)cc1. The molecule has 0 aliphatic carbocycles. The third-order valence-electron chi connectivity index (χ3n) is 11.6. The summed E-state index contributed by atoms with van der Waals surface area (Å²) in [5.41, 5.74) is 4.29. The summed E-state index contributed by atoms with van der Waals surface area (Å²) in [4.78, 5) is 26.7. The normalized spacial score (nSPS) is 13.0. The van der Waals surface area contributed by atoms with Crippen molar-refractivity contribution in [2.24, 2.45) is 0 Å². The summed E-state index contributed by atoms with van der Waals surface area (Å²) in [6, 6.07) is 32.4. The number of epoxide rings is 1. The highest BCUT2D eigenvalue weighted by Gasteiger charge is 2.24. The summed E-state index contributed by atoms with van der Waals surface area (Å²) in [6.45, 7) is 6.79. The first-order chi connectivity index (χ1) is 31.9. The van der Waals surface area contributed by atoms with Crippen LogP contribution in [0.4, 0.5) is 4.39 Å². The van der Waals surface area contributed by atoms with Crippen LogP contribution in [-0.2, 0) is 4.74 Å². The predicted octanol–water partition coefficient (Wildman–Crippen LogP) is 14.8. The second-order valence-corrected chi connectivity index (χ2v) is 16.9. The molecule has 6 rings (SSSR count). The molecule has 5 aromatic rings. The van der Waals surface area contributed by atoms with E-state index in [0.717, 1.165) is 66.0 Å². The lowest BCUT2D eigenvalue weighted by molar-refractivity contribution is 0.0706. The van der Waals surface area contributed by atoms with Crippen LogP contribution in [0.15, 0.2) is 109 Å². The van der Waals surface area contributed by atoms with E-state index in [2.05, 4.69) is 13.8 Å². The van der Waals surface area contributed by atoms with Crippen LogP contribution in [0, 0.1) is 5.82 Å². The lowest BCUT2D eigenvalue weighted by Crippen LogP contribution is -2.13. The summed E-state index contributed by atoms with van der Waals surface area (Å²) in [5, 5.41) is 0. The van der Waals surface area contributed by atoms with E-state index in [4.69, 9.17) is 28.4 Å². The number of benzene rings is 5. The van der Waals surface area contributed by atoms with Gasteiger partial charge in [0.2, 0.25) is 11.6 Å². The van der Waals surface area contributed by atoms with Crippen molar-refractivity contribution < 1.29 is 42.4 Å². The van der Waals surface area contributed by atoms with Crippen LogP contribution in [0.5, 0.6) is 28.7 Å². The van der Waals surface area contributed by atoms with Gasteiger partial charge in [0.25, 0.3) is 0 Å². The van der Waals surface area contributed by atoms with Gasteiger partial charge < -0.3 is 28.4 Å². The molecule has 8 nitrogen and oxygen atoms in total. The summed E-state index contributed by atoms with van der Waals surface area (Å²) < 4.78 is 50.6. The van der Waals surface area contributed by atoms with E-state index in [1.165, 1.54) is 89.2 Å². The number of esters is 2. The predicted molar refractivity (Wildman–Crippen MR) is 256 cm³/mol. The fourth-order valence-corrected chi connectivity index (χ4v) is 7.60. The average molecular weight is 887 g/mol. The van der Waals surface area contributed by atoms with E-state index in [1.54, 1.807) is 24.3 Å². The van der Waals surface area contributed by atoms with Gasteiger partial charge in [0.1, 0.15) is 11.5 Å². The Morgan fingerprint density at radius 2 is 0.846 bits per heavy atom. The van der Waals surface area contributed by atoms with Gasteiger partial charge in [-0.2, -0.15) is 4.39 Å². The Morgan fingerprint density at radius 1 is 0.477 bits per heavy atom. The molecule has 0 bridgehead atoms. The van der Waals surface area contributed by atoms with Gasteiger partial charge in [-0.15, -0.1) is 0 Å². The first-order valence-corrected chi connectivity index (χ1v) is 24.1. The molecule has 1 aliphatic heterocycles. The Kier molecular flexibility index (Phi) is 20.2. The number of unbranched alkanes of at least 4 members (excludes halogenated alkanes) is 13. The minimum Gasteiger partial charge on any atom is -0.494 e. The Labute approximate surface area is 385 Å². The fraction of sp³-hybridized carbons (Fsp3) is 0.429. The van der Waals surface area contributed by atoms with Crippen LogP contribution in [0.25, 0.3) is 22.3 Å². The van der Waals surface area contributed by atoms with Gasteiger partial charge in [-0.05, 0) is 115 Å². The molecule has 0 saturated carbocycles. The zero-order chi connectivity index (χ0) is 45.5. The van der Waals surface area contributed by atoms with Crippen LogP contribution in [-0.4, -0.2) is 44.5 Å². The van der Waals surface area contributed by atoms with Gasteiger partial charge in [-0.1, -0.05) is 139 Å². The van der Waals surface area contributed by atoms with Crippen molar-refractivity contribution in [3.63, 3.8) is 0 Å². The van der Waals surface area contributed by atoms with Crippen molar-refractivity contribution in [3.8, 4) is 51.0 Å². The van der Waals surface area contributed by atoms with Gasteiger partial charge in [-0.3, -0.25) is 0 Å². The summed E-state index contributed by atoms with van der Waals surface area (Å²) in [7, 11) is 0. The zero-order valence-corrected chi connectivity index (χ0v) is 38.5. The van der Waals surface area contributed by atoms with E-state index < -0.39 is 17.8 Å². The smallest absolute Gasteiger partial charge is 0.343 e. The molecule has 65 heavy (non-hydrogen) atoms. The topological polar surface area (TPSA) is 92.8 Å². The lowest BCUT2D eigenvalue weighted by atomic mass is 10.0. The Morgan fingerprint density at radius 3 is 1.29 bits per heavy atom. The highest BCUT2D eigenvalue weighted by atomic mass is 19.1. The molecule has 0 spiro atoms. The molecule has 1 unspecified atom stereocenters. The second kappa shape index (κ2) is 27.0. The highest BCUT2D eigenvalue weighted by molar-refractivity contribution is 5.93. The number of hydrogen-bond acceptors (Lipinski definition) is 8. The minimum atomic E-state index is -0.940. The van der Waals surface area contributed by atoms with Crippen molar-refractivity contribution in [3.05, 3.63) is 126 Å². The third kappa shape index (κ3) is 16.4. The largest absolute Gasteiger partial charge is 0.494 e. The molecule has 1 fully saturated rings. The van der Waals surface area contributed by atoms with Crippen LogP contribution in [0.2, 0.25) is 0 Å². The molecule has 346 valence electrons. The van der Waals surface area contributed by atoms with E-state index >= 15 is 4.39 Å². The quantitative estimate of drug-likeness (QED) is 0.0195. The molecule has 0 radical (unpaired) electrons. The van der Waals surface area contributed by atoms with Crippen LogP contribution in [0.1, 0.15) is 144 Å². The molecule has 1 aliphatic rings. The molecular formula is C56H67FO8. The summed E-state index contributed by atoms with van der Waals surface area (Å²) in [6.07, 6.45) is 19.9. The fourth-order valence-electron chi connectivity index (χ4n) is 7.60. The van der Waals surface area contributed by atoms with Crippen LogP contribution in [0.3, 0.4) is 0 Å². The Balaban J connectivity index is 1.02. The molecule has 0 aromatic heterocycles. The first kappa shape index (κ1) is 48.8. The standard InChI is InChI=1S/C56H67FO8/c1-3-5-7-9-11-13-16-38-60-48-32-28-44(29-33-48)42-20-24-46(25-21-42)55(58)64-51-36-37-52(54(53(51)57)62-40-18-15-19-50-41-63-50)65-56(59)47-26-22-43(23-27-47)45-30-34-49(35-31-45)61-39-17-14-12-10-8-6-4-2/h20-37,50H,3-19,38-41H2,1-2H3. The highest BCUT2D eigenvalue weighted by Crippen LogP contribution is 2.38. The molecular weight excluding hydrogens is 820 g/mol. The lowest BCUT2D eigenvalue weighted by Gasteiger charge is -2.15. The van der Waals surface area contributed by atoms with E-state index in [0.29, 0.717) is 19.6 Å². The number of carbonyl (C=O) groups is 2. The maximum absolute atomic E-state index is 16.2. The van der Waals surface area contributed by atoms with Crippen molar-refractivity contribution in [1.29, 1.82) is 0 Å². The molecule has 0 amide bonds. The molecule has 1 heterocycles. The molecule has 9 heteroatoms. The van der Waals surface area contributed by atoms with E-state index in [-0.39, 0.29) is 41.1 Å². The molecule has 1 saturated heterocycles. The second-order valence-electron chi connectivity index (χ2n) is 16.9. The third-order valence-corrected chi connectivity index (χ3v) is 11.6. The van der Waals surface area contributed by atoms with Crippen molar-refractivity contribution >= 4 is 11.9 Å². The van der Waals surface area contributed by atoms with E-state index in [1.807, 2.05) is 72.8 Å². The van der Waals surface area contributed by atoms with E-state index in [9.17, 15) is 9.59 Å². The van der Waals surface area contributed by atoms with Crippen LogP contribution < -0.4 is 23.7 Å². The maximum Gasteiger partial charge on any atom is 0.343 e. The van der Waals surface area contributed by atoms with Gasteiger partial charge in [-0.25, -0.2) is 9.59 Å². The number of carbonyl (C=O) groups excluding carboxylic acids is 2. The summed E-state index contributed by atoms with van der Waals surface area (Å²) >= 11 is 0. The Hall–Kier alpha value is -5.67. The van der Waals surface area contributed by atoms with Crippen LogP contribution >= 0.6 is 0 Å². The zero-order valence-electron chi connectivity index (χ0n) is 38.5. The van der Waals surface area contributed by atoms with Crippen molar-refractivity contribution in [1.82, 2.24) is 0 Å². The van der Waals surface area contributed by atoms with Gasteiger partial charge in [0, 0.05) is 0 Å². The van der Waals surface area contributed by atoms with Crippen molar-refractivity contribution in [2.75, 3.05) is 26.4 Å². The van der Waals surface area contributed by atoms with Gasteiger partial charge in [0.15, 0.2) is 11.5 Å². The van der Waals surface area contributed by atoms with Gasteiger partial charge >= 0.3 is 11.9 Å². The number of rotatable bonds is 30. The number of hydrogen-bond donors (Lipinski definition) is 0. The summed E-state index contributed by atoms with van der Waals surface area (Å²) in [5.74, 6) is -1.47. The molecule has 5 aromatic carbocycles. The molecule has 1 atom stereocenters. The molecule has 0 N–H and O–H groups in total. The monoisotopic (exact) mass is 886 g/mol. The maximum atomic E-state index is 16.2. The first-order valence-electron chi connectivity index (χ1n) is 24.1. The average Bonchev–Trinajstić information content (AvgIpc) is 4.17. The minimum absolute atomic E-state index is 0.118. The Bertz CT molecular complexity index is 2160. The van der Waals surface area contributed by atoms with Crippen molar-refractivity contribution in [2.45, 2.75) is 129 Å². The number of halogens is 1.